The first kappa shape index (κ1) is 19.5. The van der Waals surface area contributed by atoms with E-state index >= 15 is 0 Å². The van der Waals surface area contributed by atoms with Crippen LogP contribution in [0.15, 0.2) is 70.3 Å². The molecule has 0 bridgehead atoms. The van der Waals surface area contributed by atoms with E-state index in [-0.39, 0.29) is 33.3 Å². The zero-order valence-electron chi connectivity index (χ0n) is 14.4. The summed E-state index contributed by atoms with van der Waals surface area (Å²) in [6.45, 7) is 0. The number of nitrogens with one attached hydrogen (secondary N) is 2. The summed E-state index contributed by atoms with van der Waals surface area (Å²) in [5.41, 5.74) is 0.573. The van der Waals surface area contributed by atoms with Crippen molar-refractivity contribution >= 4 is 44.3 Å². The minimum absolute atomic E-state index is 0.147. The molecule has 0 fully saturated rings. The number of thiophene rings is 1. The van der Waals surface area contributed by atoms with Crippen molar-refractivity contribution in [3.05, 3.63) is 81.7 Å². The predicted octanol–water partition coefficient (Wildman–Crippen LogP) is 3.64. The van der Waals surface area contributed by atoms with Crippen molar-refractivity contribution < 1.29 is 18.1 Å². The fraction of sp³-hybridized carbons (Fsp3) is 0.0556. The molecule has 0 aliphatic carbocycles. The minimum Gasteiger partial charge on any atom is -0.324 e. The van der Waals surface area contributed by atoms with Crippen molar-refractivity contribution in [2.75, 3.05) is 10.0 Å². The molecular formula is C18H15N3O5S2. The van der Waals surface area contributed by atoms with Crippen molar-refractivity contribution in [1.82, 2.24) is 0 Å². The van der Waals surface area contributed by atoms with Gasteiger partial charge in [-0.15, -0.1) is 11.3 Å². The van der Waals surface area contributed by atoms with Gasteiger partial charge >= 0.3 is 0 Å². The standard InChI is InChI=1S/C18H15N3O5S2/c22-17(12-13-6-1-4-9-16(13)21(23)24)19-14-7-2-3-8-15(14)20-28(25,26)18-10-5-11-27-18/h1-11,20H,12H2,(H,19,22). The Hall–Kier alpha value is -3.24. The molecule has 0 spiro atoms. The van der Waals surface area contributed by atoms with E-state index < -0.39 is 20.9 Å². The molecule has 3 rings (SSSR count). The zero-order chi connectivity index (χ0) is 20.1. The maximum Gasteiger partial charge on any atom is 0.273 e. The Labute approximate surface area is 165 Å². The largest absolute Gasteiger partial charge is 0.324 e. The van der Waals surface area contributed by atoms with Crippen LogP contribution in [-0.2, 0) is 21.2 Å². The van der Waals surface area contributed by atoms with Crippen LogP contribution in [0.3, 0.4) is 0 Å². The van der Waals surface area contributed by atoms with Gasteiger partial charge < -0.3 is 5.32 Å². The number of hydrogen-bond acceptors (Lipinski definition) is 6. The summed E-state index contributed by atoms with van der Waals surface area (Å²) < 4.78 is 27.4. The minimum atomic E-state index is -3.78. The maximum absolute atomic E-state index is 12.4. The molecule has 0 saturated carbocycles. The Bertz CT molecular complexity index is 1110. The number of rotatable bonds is 7. The number of anilines is 2. The van der Waals surface area contributed by atoms with Gasteiger partial charge in [-0.05, 0) is 23.6 Å². The smallest absolute Gasteiger partial charge is 0.273 e. The molecule has 0 unspecified atom stereocenters. The maximum atomic E-state index is 12.4. The van der Waals surface area contributed by atoms with E-state index in [0.29, 0.717) is 0 Å². The lowest BCUT2D eigenvalue weighted by atomic mass is 10.1. The van der Waals surface area contributed by atoms with Crippen molar-refractivity contribution in [3.8, 4) is 0 Å². The van der Waals surface area contributed by atoms with Gasteiger partial charge in [0.15, 0.2) is 0 Å². The van der Waals surface area contributed by atoms with E-state index in [4.69, 9.17) is 0 Å². The lowest BCUT2D eigenvalue weighted by Gasteiger charge is -2.13. The van der Waals surface area contributed by atoms with Crippen LogP contribution in [0.25, 0.3) is 0 Å². The fourth-order valence-corrected chi connectivity index (χ4v) is 4.57. The number of carbonyl (C=O) groups is 1. The molecule has 0 saturated heterocycles. The van der Waals surface area contributed by atoms with Gasteiger partial charge in [-0.1, -0.05) is 36.4 Å². The normalized spacial score (nSPS) is 11.0. The van der Waals surface area contributed by atoms with Crippen LogP contribution in [0.1, 0.15) is 5.56 Å². The second-order valence-electron chi connectivity index (χ2n) is 5.69. The number of amides is 1. The summed E-state index contributed by atoms with van der Waals surface area (Å²) in [7, 11) is -3.78. The van der Waals surface area contributed by atoms with Crippen LogP contribution in [0, 0.1) is 10.1 Å². The SMILES string of the molecule is O=C(Cc1ccccc1[N+](=O)[O-])Nc1ccccc1NS(=O)(=O)c1cccs1. The van der Waals surface area contributed by atoms with E-state index in [0.717, 1.165) is 11.3 Å². The average Bonchev–Trinajstić information content (AvgIpc) is 3.19. The van der Waals surface area contributed by atoms with Crippen molar-refractivity contribution in [3.63, 3.8) is 0 Å². The van der Waals surface area contributed by atoms with Gasteiger partial charge in [-0.25, -0.2) is 8.42 Å². The van der Waals surface area contributed by atoms with Gasteiger partial charge in [0.2, 0.25) is 5.91 Å². The molecule has 0 aliphatic heterocycles. The molecule has 10 heteroatoms. The zero-order valence-corrected chi connectivity index (χ0v) is 16.0. The molecule has 8 nitrogen and oxygen atoms in total. The Balaban J connectivity index is 1.79. The van der Waals surface area contributed by atoms with Gasteiger partial charge in [-0.3, -0.25) is 19.6 Å². The Morgan fingerprint density at radius 3 is 2.36 bits per heavy atom. The number of sulfonamides is 1. The average molecular weight is 417 g/mol. The predicted molar refractivity (Wildman–Crippen MR) is 107 cm³/mol. The van der Waals surface area contributed by atoms with Crippen LogP contribution in [0.2, 0.25) is 0 Å². The lowest BCUT2D eigenvalue weighted by molar-refractivity contribution is -0.385. The van der Waals surface area contributed by atoms with Crippen molar-refractivity contribution in [1.29, 1.82) is 0 Å². The molecule has 0 radical (unpaired) electrons. The highest BCUT2D eigenvalue weighted by molar-refractivity contribution is 7.94. The third-order valence-electron chi connectivity index (χ3n) is 3.74. The van der Waals surface area contributed by atoms with Crippen molar-refractivity contribution in [2.24, 2.45) is 0 Å². The molecule has 2 aromatic carbocycles. The first-order valence-corrected chi connectivity index (χ1v) is 10.4. The van der Waals surface area contributed by atoms with Gasteiger partial charge in [0.05, 0.1) is 22.7 Å². The molecule has 1 heterocycles. The number of para-hydroxylation sites is 3. The highest BCUT2D eigenvalue weighted by atomic mass is 32.2. The fourth-order valence-electron chi connectivity index (χ4n) is 2.50. The van der Waals surface area contributed by atoms with Gasteiger partial charge in [0, 0.05) is 11.6 Å². The monoisotopic (exact) mass is 417 g/mol. The third kappa shape index (κ3) is 4.53. The van der Waals surface area contributed by atoms with Gasteiger partial charge in [0.1, 0.15) is 4.21 Å². The van der Waals surface area contributed by atoms with Crippen LogP contribution >= 0.6 is 11.3 Å². The van der Waals surface area contributed by atoms with Crippen molar-refractivity contribution in [2.45, 2.75) is 10.6 Å². The number of benzene rings is 2. The third-order valence-corrected chi connectivity index (χ3v) is 6.51. The topological polar surface area (TPSA) is 118 Å². The Kier molecular flexibility index (Phi) is 5.71. The molecule has 144 valence electrons. The summed E-state index contributed by atoms with van der Waals surface area (Å²) in [4.78, 5) is 22.9. The van der Waals surface area contributed by atoms with Crippen LogP contribution in [0.4, 0.5) is 17.1 Å². The van der Waals surface area contributed by atoms with E-state index in [9.17, 15) is 23.3 Å². The van der Waals surface area contributed by atoms with E-state index in [1.54, 1.807) is 35.7 Å². The second kappa shape index (κ2) is 8.19. The van der Waals surface area contributed by atoms with Gasteiger partial charge in [-0.2, -0.15) is 0 Å². The summed E-state index contributed by atoms with van der Waals surface area (Å²) in [6, 6.07) is 15.4. The number of hydrogen-bond donors (Lipinski definition) is 2. The number of nitro benzene ring substituents is 1. The molecule has 2 N–H and O–H groups in total. The molecule has 0 aliphatic rings. The summed E-state index contributed by atoms with van der Waals surface area (Å²) in [6.07, 6.45) is -0.219. The first-order valence-electron chi connectivity index (χ1n) is 8.04. The Morgan fingerprint density at radius 2 is 1.68 bits per heavy atom. The number of nitrogens with zero attached hydrogens (tertiary/aromatic N) is 1. The number of carbonyl (C=O) groups excluding carboxylic acids is 1. The van der Waals surface area contributed by atoms with Crippen LogP contribution < -0.4 is 10.0 Å². The van der Waals surface area contributed by atoms with Crippen LogP contribution in [-0.4, -0.2) is 19.2 Å². The molecule has 28 heavy (non-hydrogen) atoms. The van der Waals surface area contributed by atoms with Gasteiger partial charge in [0.25, 0.3) is 15.7 Å². The Morgan fingerprint density at radius 1 is 1.00 bits per heavy atom. The molecule has 1 aromatic heterocycles. The summed E-state index contributed by atoms with van der Waals surface area (Å²) >= 11 is 1.07. The highest BCUT2D eigenvalue weighted by Crippen LogP contribution is 2.26. The molecule has 3 aromatic rings. The quantitative estimate of drug-likeness (QED) is 0.449. The van der Waals surface area contributed by atoms with E-state index in [1.165, 1.54) is 30.3 Å². The second-order valence-corrected chi connectivity index (χ2v) is 8.55. The summed E-state index contributed by atoms with van der Waals surface area (Å²) in [5, 5.41) is 15.3. The molecule has 1 amide bonds. The highest BCUT2D eigenvalue weighted by Gasteiger charge is 2.19. The molecular weight excluding hydrogens is 402 g/mol. The van der Waals surface area contributed by atoms with E-state index in [2.05, 4.69) is 10.0 Å². The lowest BCUT2D eigenvalue weighted by Crippen LogP contribution is -2.18. The summed E-state index contributed by atoms with van der Waals surface area (Å²) in [5.74, 6) is -0.503. The van der Waals surface area contributed by atoms with Crippen LogP contribution in [0.5, 0.6) is 0 Å². The molecule has 0 atom stereocenters. The first-order chi connectivity index (χ1) is 13.4. The number of nitro groups is 1. The van der Waals surface area contributed by atoms with E-state index in [1.807, 2.05) is 0 Å².